The van der Waals surface area contributed by atoms with Gasteiger partial charge in [0.15, 0.2) is 11.7 Å². The Morgan fingerprint density at radius 3 is 2.50 bits per heavy atom. The predicted octanol–water partition coefficient (Wildman–Crippen LogP) is 4.23. The molecule has 100 valence electrons. The van der Waals surface area contributed by atoms with Gasteiger partial charge in [0.05, 0.1) is 11.8 Å². The zero-order valence-electron chi connectivity index (χ0n) is 11.2. The van der Waals surface area contributed by atoms with Crippen LogP contribution in [0.15, 0.2) is 65.2 Å². The van der Waals surface area contributed by atoms with Gasteiger partial charge in [-0.3, -0.25) is 0 Å². The minimum Gasteiger partial charge on any atom is -0.488 e. The van der Waals surface area contributed by atoms with Crippen LogP contribution in [0.3, 0.4) is 0 Å². The van der Waals surface area contributed by atoms with Crippen LogP contribution in [0.5, 0.6) is 5.75 Å². The van der Waals surface area contributed by atoms with Crippen molar-refractivity contribution in [1.82, 2.24) is 4.98 Å². The first-order valence-electron chi connectivity index (χ1n) is 6.51. The van der Waals surface area contributed by atoms with Gasteiger partial charge in [-0.2, -0.15) is 0 Å². The number of para-hydroxylation sites is 1. The highest BCUT2D eigenvalue weighted by molar-refractivity contribution is 5.65. The highest BCUT2D eigenvalue weighted by Crippen LogP contribution is 2.30. The molecule has 0 saturated heterocycles. The number of nitrogens with zero attached hydrogens (tertiary/aromatic N) is 1. The van der Waals surface area contributed by atoms with E-state index in [2.05, 4.69) is 4.98 Å². The smallest absolute Gasteiger partial charge is 0.191 e. The Morgan fingerprint density at radius 2 is 1.75 bits per heavy atom. The SMILES string of the molecule is Cc1ncc(-c2ccccc2OCc2ccccc2)o1. The topological polar surface area (TPSA) is 35.3 Å². The normalized spacial score (nSPS) is 10.4. The van der Waals surface area contributed by atoms with E-state index in [9.17, 15) is 0 Å². The molecule has 3 nitrogen and oxygen atoms in total. The molecule has 3 heteroatoms. The molecule has 0 unspecified atom stereocenters. The van der Waals surface area contributed by atoms with E-state index in [0.29, 0.717) is 12.5 Å². The van der Waals surface area contributed by atoms with E-state index < -0.39 is 0 Å². The molecule has 3 aromatic rings. The number of aromatic nitrogens is 1. The van der Waals surface area contributed by atoms with Gasteiger partial charge in [0.25, 0.3) is 0 Å². The van der Waals surface area contributed by atoms with Crippen molar-refractivity contribution in [1.29, 1.82) is 0 Å². The molecular formula is C17H15NO2. The van der Waals surface area contributed by atoms with Crippen molar-refractivity contribution in [3.05, 3.63) is 72.2 Å². The van der Waals surface area contributed by atoms with Crippen molar-refractivity contribution >= 4 is 0 Å². The first kappa shape index (κ1) is 12.5. The summed E-state index contributed by atoms with van der Waals surface area (Å²) in [7, 11) is 0. The van der Waals surface area contributed by atoms with E-state index in [4.69, 9.17) is 9.15 Å². The van der Waals surface area contributed by atoms with Crippen molar-refractivity contribution in [2.45, 2.75) is 13.5 Å². The zero-order chi connectivity index (χ0) is 13.8. The molecule has 0 aliphatic carbocycles. The lowest BCUT2D eigenvalue weighted by Crippen LogP contribution is -1.96. The van der Waals surface area contributed by atoms with E-state index in [1.807, 2.05) is 61.5 Å². The molecule has 0 N–H and O–H groups in total. The third-order valence-corrected chi connectivity index (χ3v) is 3.01. The Hall–Kier alpha value is -2.55. The Morgan fingerprint density at radius 1 is 1.00 bits per heavy atom. The number of hydrogen-bond acceptors (Lipinski definition) is 3. The second kappa shape index (κ2) is 5.61. The lowest BCUT2D eigenvalue weighted by Gasteiger charge is -2.09. The average molecular weight is 265 g/mol. The lowest BCUT2D eigenvalue weighted by molar-refractivity contribution is 0.306. The molecule has 0 fully saturated rings. The van der Waals surface area contributed by atoms with Crippen molar-refractivity contribution < 1.29 is 9.15 Å². The maximum atomic E-state index is 5.90. The standard InChI is InChI=1S/C17H15NO2/c1-13-18-11-17(20-13)15-9-5-6-10-16(15)19-12-14-7-3-2-4-8-14/h2-11H,12H2,1H3. The molecule has 0 bridgehead atoms. The Labute approximate surface area is 117 Å². The first-order valence-corrected chi connectivity index (χ1v) is 6.51. The number of ether oxygens (including phenoxy) is 1. The summed E-state index contributed by atoms with van der Waals surface area (Å²) in [5, 5.41) is 0. The van der Waals surface area contributed by atoms with E-state index in [1.54, 1.807) is 6.20 Å². The number of hydrogen-bond donors (Lipinski definition) is 0. The number of aryl methyl sites for hydroxylation is 1. The van der Waals surface area contributed by atoms with Gasteiger partial charge in [0.2, 0.25) is 0 Å². The van der Waals surface area contributed by atoms with E-state index in [-0.39, 0.29) is 0 Å². The Bertz CT molecular complexity index is 689. The summed E-state index contributed by atoms with van der Waals surface area (Å²) in [4.78, 5) is 4.13. The molecule has 3 rings (SSSR count). The molecular weight excluding hydrogens is 250 g/mol. The van der Waals surface area contributed by atoms with Crippen LogP contribution in [0.25, 0.3) is 11.3 Å². The van der Waals surface area contributed by atoms with Crippen molar-refractivity contribution in [3.63, 3.8) is 0 Å². The highest BCUT2D eigenvalue weighted by Gasteiger charge is 2.10. The van der Waals surface area contributed by atoms with Crippen LogP contribution in [0, 0.1) is 6.92 Å². The molecule has 0 atom stereocenters. The minimum atomic E-state index is 0.533. The van der Waals surface area contributed by atoms with Crippen molar-refractivity contribution in [3.8, 4) is 17.1 Å². The fraction of sp³-hybridized carbons (Fsp3) is 0.118. The summed E-state index contributed by atoms with van der Waals surface area (Å²) >= 11 is 0. The second-order valence-electron chi connectivity index (χ2n) is 4.51. The molecule has 0 amide bonds. The average Bonchev–Trinajstić information content (AvgIpc) is 2.93. The van der Waals surface area contributed by atoms with Crippen LogP contribution in [0.4, 0.5) is 0 Å². The summed E-state index contributed by atoms with van der Waals surface area (Å²) < 4.78 is 11.5. The summed E-state index contributed by atoms with van der Waals surface area (Å²) in [5.41, 5.74) is 2.06. The van der Waals surface area contributed by atoms with Crippen LogP contribution >= 0.6 is 0 Å². The van der Waals surface area contributed by atoms with Gasteiger partial charge < -0.3 is 9.15 Å². The van der Waals surface area contributed by atoms with Crippen LogP contribution < -0.4 is 4.74 Å². The highest BCUT2D eigenvalue weighted by atomic mass is 16.5. The molecule has 0 saturated carbocycles. The predicted molar refractivity (Wildman–Crippen MR) is 77.5 cm³/mol. The number of benzene rings is 2. The molecule has 0 spiro atoms. The first-order chi connectivity index (χ1) is 9.83. The van der Waals surface area contributed by atoms with Gasteiger partial charge in [0, 0.05) is 6.92 Å². The van der Waals surface area contributed by atoms with Gasteiger partial charge >= 0.3 is 0 Å². The largest absolute Gasteiger partial charge is 0.488 e. The molecule has 1 aromatic heterocycles. The Balaban J connectivity index is 1.83. The van der Waals surface area contributed by atoms with Crippen molar-refractivity contribution in [2.24, 2.45) is 0 Å². The number of oxazole rings is 1. The fourth-order valence-electron chi connectivity index (χ4n) is 2.02. The van der Waals surface area contributed by atoms with Gasteiger partial charge in [-0.1, -0.05) is 42.5 Å². The van der Waals surface area contributed by atoms with E-state index in [0.717, 1.165) is 22.6 Å². The van der Waals surface area contributed by atoms with Crippen LogP contribution in [0.1, 0.15) is 11.5 Å². The molecule has 20 heavy (non-hydrogen) atoms. The molecule has 2 aromatic carbocycles. The quantitative estimate of drug-likeness (QED) is 0.708. The third kappa shape index (κ3) is 2.72. The summed E-state index contributed by atoms with van der Waals surface area (Å²) in [5.74, 6) is 2.18. The monoisotopic (exact) mass is 265 g/mol. The Kier molecular flexibility index (Phi) is 3.50. The lowest BCUT2D eigenvalue weighted by atomic mass is 10.1. The molecule has 0 aliphatic heterocycles. The van der Waals surface area contributed by atoms with E-state index in [1.165, 1.54) is 0 Å². The van der Waals surface area contributed by atoms with Crippen LogP contribution in [-0.4, -0.2) is 4.98 Å². The molecule has 0 radical (unpaired) electrons. The fourth-order valence-corrected chi connectivity index (χ4v) is 2.02. The maximum absolute atomic E-state index is 5.90. The van der Waals surface area contributed by atoms with Gasteiger partial charge in [-0.25, -0.2) is 4.98 Å². The molecule has 0 aliphatic rings. The van der Waals surface area contributed by atoms with E-state index >= 15 is 0 Å². The third-order valence-electron chi connectivity index (χ3n) is 3.01. The molecule has 1 heterocycles. The van der Waals surface area contributed by atoms with Crippen molar-refractivity contribution in [2.75, 3.05) is 0 Å². The maximum Gasteiger partial charge on any atom is 0.191 e. The van der Waals surface area contributed by atoms with Gasteiger partial charge in [0.1, 0.15) is 12.4 Å². The van der Waals surface area contributed by atoms with Gasteiger partial charge in [-0.15, -0.1) is 0 Å². The number of rotatable bonds is 4. The second-order valence-corrected chi connectivity index (χ2v) is 4.51. The summed E-state index contributed by atoms with van der Waals surface area (Å²) in [6, 6.07) is 17.9. The van der Waals surface area contributed by atoms with Crippen LogP contribution in [-0.2, 0) is 6.61 Å². The minimum absolute atomic E-state index is 0.533. The van der Waals surface area contributed by atoms with Crippen LogP contribution in [0.2, 0.25) is 0 Å². The van der Waals surface area contributed by atoms with Gasteiger partial charge in [-0.05, 0) is 17.7 Å². The summed E-state index contributed by atoms with van der Waals surface area (Å²) in [6.07, 6.45) is 1.72. The zero-order valence-corrected chi connectivity index (χ0v) is 11.2. The summed E-state index contributed by atoms with van der Waals surface area (Å²) in [6.45, 7) is 2.36.